The van der Waals surface area contributed by atoms with Gasteiger partial charge in [-0.1, -0.05) is 0 Å². The van der Waals surface area contributed by atoms with Gasteiger partial charge < -0.3 is 5.11 Å². The fourth-order valence-electron chi connectivity index (χ4n) is 0.612. The van der Waals surface area contributed by atoms with E-state index in [1.807, 2.05) is 0 Å². The van der Waals surface area contributed by atoms with Crippen molar-refractivity contribution in [1.29, 1.82) is 0 Å². The number of alkyl halides is 4. The van der Waals surface area contributed by atoms with Gasteiger partial charge in [0, 0.05) is 0 Å². The molecule has 0 aliphatic rings. The lowest BCUT2D eigenvalue weighted by Gasteiger charge is -2.30. The Morgan fingerprint density at radius 2 is 1.93 bits per heavy atom. The second-order valence-electron chi connectivity index (χ2n) is 2.28. The van der Waals surface area contributed by atoms with Gasteiger partial charge in [-0.25, -0.2) is 14.6 Å². The molecule has 0 saturated carbocycles. The highest BCUT2D eigenvalue weighted by Gasteiger charge is 2.65. The smallest absolute Gasteiger partial charge is 0.359 e. The Balaban J connectivity index is 5.13. The Hall–Kier alpha value is -0.970. The second-order valence-corrected chi connectivity index (χ2v) is 2.28. The van der Waals surface area contributed by atoms with E-state index in [0.717, 1.165) is 10.9 Å². The summed E-state index contributed by atoms with van der Waals surface area (Å²) in [4.78, 5) is 10.6. The van der Waals surface area contributed by atoms with Crippen molar-refractivity contribution in [3.63, 3.8) is 0 Å². The van der Waals surface area contributed by atoms with Gasteiger partial charge in [0.15, 0.2) is 0 Å². The SMILES string of the molecule is NNC(=O)[C@@](O)(N[NH3+])C(F)(F)C(F)F. The van der Waals surface area contributed by atoms with Gasteiger partial charge in [-0.2, -0.15) is 8.78 Å². The van der Waals surface area contributed by atoms with Gasteiger partial charge in [0.2, 0.25) is 0 Å². The number of nitrogens with two attached hydrogens (primary N) is 1. The highest BCUT2D eigenvalue weighted by Crippen LogP contribution is 2.32. The van der Waals surface area contributed by atoms with Crippen LogP contribution in [0.15, 0.2) is 0 Å². The molecular weight excluding hydrogens is 212 g/mol. The number of rotatable bonds is 4. The van der Waals surface area contributed by atoms with Crippen molar-refractivity contribution in [3.05, 3.63) is 0 Å². The molecule has 10 heteroatoms. The van der Waals surface area contributed by atoms with Crippen molar-refractivity contribution < 1.29 is 33.3 Å². The molecule has 0 aromatic carbocycles. The molecule has 0 fully saturated rings. The van der Waals surface area contributed by atoms with Crippen molar-refractivity contribution in [2.24, 2.45) is 5.84 Å². The summed E-state index contributed by atoms with van der Waals surface area (Å²) >= 11 is 0. The van der Waals surface area contributed by atoms with Crippen LogP contribution in [0.2, 0.25) is 0 Å². The third kappa shape index (κ3) is 1.77. The molecule has 0 aliphatic heterocycles. The van der Waals surface area contributed by atoms with Crippen molar-refractivity contribution in [2.45, 2.75) is 18.1 Å². The minimum atomic E-state index is -5.02. The van der Waals surface area contributed by atoms with Crippen molar-refractivity contribution in [1.82, 2.24) is 10.9 Å². The molecular formula is C4H9F4N4O2+. The molecule has 0 saturated heterocycles. The monoisotopic (exact) mass is 221 g/mol. The molecule has 8 N–H and O–H groups in total. The maximum Gasteiger partial charge on any atom is 0.362 e. The predicted octanol–water partition coefficient (Wildman–Crippen LogP) is -2.69. The number of aliphatic hydroxyl groups is 1. The molecule has 0 heterocycles. The first kappa shape index (κ1) is 13.0. The number of halogens is 4. The third-order valence-electron chi connectivity index (χ3n) is 1.47. The lowest BCUT2D eigenvalue weighted by atomic mass is 10.1. The highest BCUT2D eigenvalue weighted by atomic mass is 19.3. The largest absolute Gasteiger partial charge is 0.362 e. The Bertz CT molecular complexity index is 225. The van der Waals surface area contributed by atoms with E-state index < -0.39 is 24.0 Å². The lowest BCUT2D eigenvalue weighted by molar-refractivity contribution is -0.495. The maximum atomic E-state index is 12.6. The van der Waals surface area contributed by atoms with Crippen molar-refractivity contribution in [2.75, 3.05) is 0 Å². The minimum absolute atomic E-state index is 1.11. The summed E-state index contributed by atoms with van der Waals surface area (Å²) in [6, 6.07) is 0. The normalized spacial score (nSPS) is 16.6. The van der Waals surface area contributed by atoms with E-state index in [1.54, 1.807) is 0 Å². The molecule has 0 aromatic rings. The summed E-state index contributed by atoms with van der Waals surface area (Å²) in [6.07, 6.45) is -4.25. The number of hydrogen-bond donors (Lipinski definition) is 5. The Morgan fingerprint density at radius 1 is 1.50 bits per heavy atom. The van der Waals surface area contributed by atoms with Crippen LogP contribution in [0.1, 0.15) is 0 Å². The van der Waals surface area contributed by atoms with Crippen molar-refractivity contribution in [3.8, 4) is 0 Å². The quantitative estimate of drug-likeness (QED) is 0.117. The van der Waals surface area contributed by atoms with Gasteiger partial charge in [-0.3, -0.25) is 16.1 Å². The van der Waals surface area contributed by atoms with E-state index in [4.69, 9.17) is 5.11 Å². The first-order chi connectivity index (χ1) is 6.24. The van der Waals surface area contributed by atoms with Crippen LogP contribution in [0, 0.1) is 0 Å². The average Bonchev–Trinajstić information content (AvgIpc) is 2.14. The molecule has 84 valence electrons. The summed E-state index contributed by atoms with van der Waals surface area (Å²) in [7, 11) is 0. The number of carbonyl (C=O) groups is 1. The molecule has 0 rings (SSSR count). The van der Waals surface area contributed by atoms with Crippen LogP contribution in [0.4, 0.5) is 17.6 Å². The maximum absolute atomic E-state index is 12.6. The zero-order valence-corrected chi connectivity index (χ0v) is 6.73. The van der Waals surface area contributed by atoms with Gasteiger partial charge >= 0.3 is 18.1 Å². The fraction of sp³-hybridized carbons (Fsp3) is 0.750. The predicted molar refractivity (Wildman–Crippen MR) is 34.3 cm³/mol. The number of carbonyl (C=O) groups excluding carboxylic acids is 1. The van der Waals surface area contributed by atoms with Crippen LogP contribution in [-0.4, -0.2) is 29.1 Å². The first-order valence-corrected chi connectivity index (χ1v) is 3.17. The van der Waals surface area contributed by atoms with Gasteiger partial charge in [-0.15, -0.1) is 5.43 Å². The van der Waals surface area contributed by atoms with E-state index in [1.165, 1.54) is 0 Å². The van der Waals surface area contributed by atoms with Gasteiger partial charge in [0.05, 0.1) is 0 Å². The molecule has 0 unspecified atom stereocenters. The number of quaternary nitrogens is 1. The molecule has 14 heavy (non-hydrogen) atoms. The topological polar surface area (TPSA) is 115 Å². The summed E-state index contributed by atoms with van der Waals surface area (Å²) in [6.45, 7) is 0. The number of amides is 1. The van der Waals surface area contributed by atoms with Crippen LogP contribution in [0.5, 0.6) is 0 Å². The molecule has 1 amide bonds. The number of hydrazine groups is 1. The highest BCUT2D eigenvalue weighted by molar-refractivity contribution is 5.85. The summed E-state index contributed by atoms with van der Waals surface area (Å²) in [5, 5.41) is 8.89. The summed E-state index contributed by atoms with van der Waals surface area (Å²) < 4.78 is 48.8. The van der Waals surface area contributed by atoms with Crippen LogP contribution in [0.3, 0.4) is 0 Å². The number of hydrogen-bond acceptors (Lipinski definition) is 4. The van der Waals surface area contributed by atoms with Crippen LogP contribution >= 0.6 is 0 Å². The zero-order chi connectivity index (χ0) is 11.6. The Kier molecular flexibility index (Phi) is 3.76. The number of nitrogens with one attached hydrogen (secondary N) is 2. The Morgan fingerprint density at radius 3 is 2.14 bits per heavy atom. The molecule has 0 aliphatic carbocycles. The second kappa shape index (κ2) is 4.04. The van der Waals surface area contributed by atoms with Crippen LogP contribution in [0.25, 0.3) is 0 Å². The fourth-order valence-corrected chi connectivity index (χ4v) is 0.612. The third-order valence-corrected chi connectivity index (χ3v) is 1.47. The van der Waals surface area contributed by atoms with E-state index in [-0.39, 0.29) is 0 Å². The minimum Gasteiger partial charge on any atom is -0.359 e. The van der Waals surface area contributed by atoms with E-state index in [9.17, 15) is 22.4 Å². The van der Waals surface area contributed by atoms with E-state index >= 15 is 0 Å². The Labute approximate surface area is 75.2 Å². The average molecular weight is 221 g/mol. The van der Waals surface area contributed by atoms with Crippen molar-refractivity contribution >= 4 is 5.91 Å². The first-order valence-electron chi connectivity index (χ1n) is 3.17. The summed E-state index contributed by atoms with van der Waals surface area (Å²) in [5.41, 5.74) is -1.60. The molecule has 0 radical (unpaired) electrons. The van der Waals surface area contributed by atoms with Gasteiger partial charge in [0.25, 0.3) is 5.91 Å². The molecule has 0 aromatic heterocycles. The lowest BCUT2D eigenvalue weighted by Crippen LogP contribution is -2.83. The molecule has 0 bridgehead atoms. The molecule has 0 spiro atoms. The standard InChI is InChI=1S/C4H8F4N4O2/c5-1(6)3(7,8)4(14,12-10)2(13)11-9/h1,12,14H,9-10H2,(H,11,13)/p+1/t4-/m0/s1. The molecule has 6 nitrogen and oxygen atoms in total. The molecule has 1 atom stereocenters. The van der Waals surface area contributed by atoms with E-state index in [0.29, 0.717) is 0 Å². The van der Waals surface area contributed by atoms with Crippen LogP contribution in [-0.2, 0) is 4.79 Å². The summed E-state index contributed by atoms with van der Waals surface area (Å²) in [5.74, 6) is 0.0364. The zero-order valence-electron chi connectivity index (χ0n) is 6.73. The van der Waals surface area contributed by atoms with Gasteiger partial charge in [0.1, 0.15) is 0 Å². The van der Waals surface area contributed by atoms with E-state index in [2.05, 4.69) is 11.7 Å². The van der Waals surface area contributed by atoms with Crippen LogP contribution < -0.4 is 22.5 Å². The van der Waals surface area contributed by atoms with Gasteiger partial charge in [-0.05, 0) is 0 Å².